The molecule has 0 aromatic carbocycles. The van der Waals surface area contributed by atoms with Crippen molar-refractivity contribution in [3.63, 3.8) is 0 Å². The Labute approximate surface area is 269 Å². The van der Waals surface area contributed by atoms with Crippen LogP contribution in [0.1, 0.15) is 126 Å². The first-order chi connectivity index (χ1) is 19.6. The summed E-state index contributed by atoms with van der Waals surface area (Å²) in [6.45, 7) is 27.1. The maximum Gasteiger partial charge on any atom is 0.197 e. The van der Waals surface area contributed by atoms with Crippen LogP contribution in [0.2, 0.25) is 36.3 Å². The molecule has 0 radical (unpaired) electrons. The van der Waals surface area contributed by atoms with Crippen LogP contribution in [0.5, 0.6) is 0 Å². The molecular formula is C35H71O5PSi2. The van der Waals surface area contributed by atoms with Crippen molar-refractivity contribution in [3.8, 4) is 0 Å². The molecular weight excluding hydrogens is 588 g/mol. The van der Waals surface area contributed by atoms with Gasteiger partial charge in [0.15, 0.2) is 24.0 Å². The SMILES string of the molecule is CCCC1(C(CC=C[C@H]2[C@H](O[Si](C)(C)C(C)(C)C)CC(O)[C@@H]2CCCCCCP(C)(=O)O)O[Si](C)(C)C(C)(C)C)CCC1. The second kappa shape index (κ2) is 15.4. The van der Waals surface area contributed by atoms with E-state index in [1.54, 1.807) is 0 Å². The summed E-state index contributed by atoms with van der Waals surface area (Å²) >= 11 is 0. The molecule has 8 heteroatoms. The summed E-state index contributed by atoms with van der Waals surface area (Å²) in [5.41, 5.74) is 0.303. The molecule has 2 N–H and O–H groups in total. The maximum absolute atomic E-state index is 11.7. The van der Waals surface area contributed by atoms with Crippen LogP contribution in [-0.2, 0) is 13.4 Å². The third-order valence-corrected chi connectivity index (χ3v) is 21.9. The van der Waals surface area contributed by atoms with Crippen molar-refractivity contribution in [1.29, 1.82) is 0 Å². The Kier molecular flexibility index (Phi) is 14.1. The van der Waals surface area contributed by atoms with Gasteiger partial charge in [0, 0.05) is 18.7 Å². The summed E-state index contributed by atoms with van der Waals surface area (Å²) in [7, 11) is -6.86. The molecule has 5 nitrogen and oxygen atoms in total. The van der Waals surface area contributed by atoms with E-state index in [-0.39, 0.29) is 40.2 Å². The smallest absolute Gasteiger partial charge is 0.197 e. The van der Waals surface area contributed by atoms with E-state index in [1.807, 2.05) is 0 Å². The van der Waals surface area contributed by atoms with Gasteiger partial charge in [-0.15, -0.1) is 0 Å². The van der Waals surface area contributed by atoms with E-state index in [1.165, 1.54) is 38.8 Å². The monoisotopic (exact) mass is 658 g/mol. The van der Waals surface area contributed by atoms with Crippen LogP contribution in [0.25, 0.3) is 0 Å². The first-order valence-corrected chi connectivity index (χ1v) is 25.7. The first-order valence-electron chi connectivity index (χ1n) is 17.5. The van der Waals surface area contributed by atoms with Gasteiger partial charge in [0.25, 0.3) is 0 Å². The third-order valence-electron chi connectivity index (χ3n) is 11.7. The normalized spacial score (nSPS) is 27.3. The highest BCUT2D eigenvalue weighted by Gasteiger charge is 2.49. The predicted octanol–water partition coefficient (Wildman–Crippen LogP) is 10.5. The summed E-state index contributed by atoms with van der Waals surface area (Å²) in [5.74, 6) is 0.392. The fourth-order valence-electron chi connectivity index (χ4n) is 6.75. The average Bonchev–Trinajstić information content (AvgIpc) is 3.08. The number of unbranched alkanes of at least 4 members (excludes halogenated alkanes) is 3. The molecule has 6 atom stereocenters. The molecule has 0 aliphatic heterocycles. The molecule has 2 aliphatic rings. The fourth-order valence-corrected chi connectivity index (χ4v) is 10.3. The molecule has 2 saturated carbocycles. The van der Waals surface area contributed by atoms with E-state index in [4.69, 9.17) is 8.85 Å². The zero-order valence-corrected chi connectivity index (χ0v) is 33.2. The molecule has 0 bridgehead atoms. The van der Waals surface area contributed by atoms with Crippen LogP contribution in [0, 0.1) is 17.3 Å². The van der Waals surface area contributed by atoms with Crippen LogP contribution in [0.3, 0.4) is 0 Å². The van der Waals surface area contributed by atoms with Crippen LogP contribution in [-0.4, -0.2) is 57.8 Å². The molecule has 0 amide bonds. The van der Waals surface area contributed by atoms with Gasteiger partial charge in [-0.3, -0.25) is 4.57 Å². The summed E-state index contributed by atoms with van der Waals surface area (Å²) in [6, 6.07) is 0. The minimum absolute atomic E-state index is 0.0468. The molecule has 3 unspecified atom stereocenters. The van der Waals surface area contributed by atoms with Crippen molar-refractivity contribution in [2.24, 2.45) is 17.3 Å². The van der Waals surface area contributed by atoms with E-state index in [0.29, 0.717) is 18.0 Å². The van der Waals surface area contributed by atoms with Crippen molar-refractivity contribution in [1.82, 2.24) is 0 Å². The van der Waals surface area contributed by atoms with Gasteiger partial charge in [-0.2, -0.15) is 0 Å². The van der Waals surface area contributed by atoms with Crippen LogP contribution in [0.15, 0.2) is 12.2 Å². The van der Waals surface area contributed by atoms with Crippen molar-refractivity contribution in [2.75, 3.05) is 12.8 Å². The third kappa shape index (κ3) is 11.2. The van der Waals surface area contributed by atoms with Gasteiger partial charge in [-0.25, -0.2) is 0 Å². The van der Waals surface area contributed by atoms with Crippen LogP contribution >= 0.6 is 7.37 Å². The Hall–Kier alpha value is 0.244. The highest BCUT2D eigenvalue weighted by Crippen LogP contribution is 2.52. The second-order valence-electron chi connectivity index (χ2n) is 17.4. The topological polar surface area (TPSA) is 76.0 Å². The van der Waals surface area contributed by atoms with Gasteiger partial charge in [-0.05, 0) is 92.5 Å². The summed E-state index contributed by atoms with van der Waals surface area (Å²) < 4.78 is 25.9. The Bertz CT molecular complexity index is 925. The summed E-state index contributed by atoms with van der Waals surface area (Å²) in [4.78, 5) is 9.62. The summed E-state index contributed by atoms with van der Waals surface area (Å²) in [5, 5.41) is 11.6. The lowest BCUT2D eigenvalue weighted by molar-refractivity contribution is -0.0314. The first kappa shape index (κ1) is 39.4. The minimum Gasteiger partial charge on any atom is -0.413 e. The van der Waals surface area contributed by atoms with Gasteiger partial charge in [-0.1, -0.05) is 92.7 Å². The lowest BCUT2D eigenvalue weighted by Gasteiger charge is -2.51. The molecule has 0 saturated heterocycles. The predicted molar refractivity (Wildman–Crippen MR) is 190 cm³/mol. The maximum atomic E-state index is 11.7. The zero-order valence-electron chi connectivity index (χ0n) is 30.3. The molecule has 0 aromatic heterocycles. The second-order valence-corrected chi connectivity index (χ2v) is 29.5. The van der Waals surface area contributed by atoms with E-state index < -0.39 is 24.0 Å². The number of aliphatic hydroxyl groups excluding tert-OH is 1. The lowest BCUT2D eigenvalue weighted by Crippen LogP contribution is -2.51. The van der Waals surface area contributed by atoms with E-state index in [2.05, 4.69) is 86.8 Å². The van der Waals surface area contributed by atoms with Crippen LogP contribution in [0.4, 0.5) is 0 Å². The Morgan fingerprint density at radius 2 is 1.56 bits per heavy atom. The van der Waals surface area contributed by atoms with Gasteiger partial charge in [0.05, 0.1) is 18.3 Å². The molecule has 0 aromatic rings. The van der Waals surface area contributed by atoms with Gasteiger partial charge in [0.2, 0.25) is 0 Å². The highest BCUT2D eigenvalue weighted by molar-refractivity contribution is 7.57. The fraction of sp³-hybridized carbons (Fsp3) is 0.943. The standard InChI is InChI=1S/C35H71O5PSi2/c1-13-23-35(24-19-25-35)32(40-43(11,12)34(5,6)7)22-18-21-29-28(20-16-14-15-17-26-41(8,37)38)30(36)27-31(29)39-42(9,10)33(2,3)4/h18,21,28-32,36H,13-17,19-20,22-27H2,1-12H3,(H,37,38)/t28-,29-,30?,31-,32?/m1/s1. The van der Waals surface area contributed by atoms with Gasteiger partial charge in [0.1, 0.15) is 0 Å². The minimum atomic E-state index is -2.93. The quantitative estimate of drug-likeness (QED) is 0.0704. The van der Waals surface area contributed by atoms with Crippen LogP contribution < -0.4 is 0 Å². The van der Waals surface area contributed by atoms with Crippen molar-refractivity contribution >= 4 is 24.0 Å². The number of hydrogen-bond acceptors (Lipinski definition) is 4. The van der Waals surface area contributed by atoms with Crippen molar-refractivity contribution in [3.05, 3.63) is 12.2 Å². The molecule has 2 rings (SSSR count). The number of rotatable bonds is 17. The average molecular weight is 659 g/mol. The van der Waals surface area contributed by atoms with Gasteiger partial charge < -0.3 is 18.9 Å². The highest BCUT2D eigenvalue weighted by atomic mass is 31.2. The number of hydrogen-bond donors (Lipinski definition) is 2. The van der Waals surface area contributed by atoms with E-state index in [9.17, 15) is 14.6 Å². The van der Waals surface area contributed by atoms with Gasteiger partial charge >= 0.3 is 0 Å². The zero-order chi connectivity index (χ0) is 32.9. The van der Waals surface area contributed by atoms with Crippen molar-refractivity contribution in [2.45, 2.75) is 180 Å². The Balaban J connectivity index is 2.26. The largest absolute Gasteiger partial charge is 0.413 e. The molecule has 0 spiro atoms. The Morgan fingerprint density at radius 3 is 2.05 bits per heavy atom. The van der Waals surface area contributed by atoms with E-state index in [0.717, 1.165) is 38.5 Å². The number of aliphatic hydroxyl groups is 1. The van der Waals surface area contributed by atoms with E-state index >= 15 is 0 Å². The summed E-state index contributed by atoms with van der Waals surface area (Å²) in [6.07, 6.45) is 18.0. The molecule has 0 heterocycles. The molecule has 2 fully saturated rings. The molecule has 43 heavy (non-hydrogen) atoms. The van der Waals surface area contributed by atoms with Crippen molar-refractivity contribution < 1.29 is 23.4 Å². The lowest BCUT2D eigenvalue weighted by atomic mass is 9.62. The molecule has 2 aliphatic carbocycles. The Morgan fingerprint density at radius 1 is 0.977 bits per heavy atom. The molecule has 254 valence electrons.